The number of hydrogen-bond acceptors (Lipinski definition) is 10. The third-order valence-corrected chi connectivity index (χ3v) is 9.71. The number of aliphatic hydroxyl groups excluding tert-OH is 1. The molecule has 0 atom stereocenters. The minimum atomic E-state index is -4.62. The second kappa shape index (κ2) is 15.1. The van der Waals surface area contributed by atoms with Gasteiger partial charge in [-0.3, -0.25) is 4.57 Å². The Morgan fingerprint density at radius 1 is 0.800 bits per heavy atom. The Kier molecular flexibility index (Phi) is 11.7. The summed E-state index contributed by atoms with van der Waals surface area (Å²) in [5, 5.41) is 9.48. The molecule has 6 saturated carbocycles. The second-order valence-corrected chi connectivity index (χ2v) is 15.7. The van der Waals surface area contributed by atoms with Gasteiger partial charge in [-0.2, -0.15) is 31.3 Å². The van der Waals surface area contributed by atoms with E-state index in [9.17, 15) is 40.2 Å². The van der Waals surface area contributed by atoms with Crippen LogP contribution in [0.3, 0.4) is 0 Å². The van der Waals surface area contributed by atoms with E-state index < -0.39 is 71.1 Å². The molecule has 0 radical (unpaired) electrons. The van der Waals surface area contributed by atoms with Crippen molar-refractivity contribution in [3.63, 3.8) is 0 Å². The molecule has 12 nitrogen and oxygen atoms in total. The summed E-state index contributed by atoms with van der Waals surface area (Å²) in [4.78, 5) is 15.6. The van der Waals surface area contributed by atoms with E-state index in [2.05, 4.69) is 19.9 Å². The van der Waals surface area contributed by atoms with Crippen molar-refractivity contribution in [1.82, 2.24) is 29.1 Å². The predicted octanol–water partition coefficient (Wildman–Crippen LogP) is 7.54. The molecule has 301 valence electrons. The van der Waals surface area contributed by atoms with E-state index in [0.29, 0.717) is 44.3 Å². The van der Waals surface area contributed by atoms with E-state index in [1.54, 1.807) is 21.5 Å². The molecule has 0 saturated heterocycles. The number of halogens is 11. The van der Waals surface area contributed by atoms with Crippen LogP contribution in [0.25, 0.3) is 22.5 Å². The number of aromatic nitrogens is 6. The number of nitrogen functional groups attached to an aromatic ring is 2. The maximum atomic E-state index is 13.8. The zero-order chi connectivity index (χ0) is 40.9. The molecule has 4 bridgehead atoms. The zero-order valence-electron chi connectivity index (χ0n) is 28.0. The first-order valence-electron chi connectivity index (χ1n) is 15.7. The van der Waals surface area contributed by atoms with Crippen LogP contribution in [0.5, 0.6) is 6.01 Å². The molecule has 0 aromatic carbocycles. The van der Waals surface area contributed by atoms with Crippen molar-refractivity contribution in [2.24, 2.45) is 0 Å². The molecular formula is C31H29Cl3F8MnN8O4. The average molecular weight is 891 g/mol. The normalized spacial score (nSPS) is 25.6. The zero-order valence-corrected chi connectivity index (χ0v) is 31.5. The Balaban J connectivity index is 0.000000181. The van der Waals surface area contributed by atoms with Crippen LogP contribution < -0.4 is 16.2 Å². The number of imidazole rings is 2. The number of nitrogens with zero attached hydrogens (tertiary/aromatic N) is 6. The number of pyridine rings is 2. The van der Waals surface area contributed by atoms with E-state index in [1.165, 1.54) is 19.5 Å². The predicted molar refractivity (Wildman–Crippen MR) is 176 cm³/mol. The molecule has 6 fully saturated rings. The van der Waals surface area contributed by atoms with Gasteiger partial charge in [0.2, 0.25) is 0 Å². The standard InChI is InChI=1S/2C15H14F4N4O.CHCl3.Mn.2O/c1-24-12-22-10(4-23(12)14-5-13(16,6-14)7-14)8-2-9(15(17,18)19)11(20)21-3-8;16-13-5-14(6-13,7-13)23-3-10(22-11(23)4-24)8-1-9(15(17,18)19)12(20)21-2-8;2-1(3)4;;;/h2-4H,5-7H2,1H3,(H2,20,21);1-3,24H,4-7H2,(H2,20,21);1H;;;. The van der Waals surface area contributed by atoms with Gasteiger partial charge in [-0.1, -0.05) is 34.8 Å². The van der Waals surface area contributed by atoms with Gasteiger partial charge >= 0.3 is 34.8 Å². The summed E-state index contributed by atoms with van der Waals surface area (Å²) in [6, 6.07) is 2.04. The monoisotopic (exact) mass is 889 g/mol. The Morgan fingerprint density at radius 3 is 1.51 bits per heavy atom. The van der Waals surface area contributed by atoms with Crippen molar-refractivity contribution < 1.29 is 67.5 Å². The van der Waals surface area contributed by atoms with Crippen molar-refractivity contribution in [3.05, 3.63) is 53.9 Å². The van der Waals surface area contributed by atoms with Gasteiger partial charge in [-0.25, -0.2) is 23.7 Å². The van der Waals surface area contributed by atoms with Gasteiger partial charge in [0.15, 0.2) is 4.30 Å². The molecule has 4 aromatic heterocycles. The van der Waals surface area contributed by atoms with E-state index in [4.69, 9.17) is 58.7 Å². The van der Waals surface area contributed by atoms with Gasteiger partial charge in [0, 0.05) is 74.4 Å². The molecule has 6 aliphatic rings. The van der Waals surface area contributed by atoms with Crippen molar-refractivity contribution in [1.29, 1.82) is 0 Å². The van der Waals surface area contributed by atoms with E-state index in [0.717, 1.165) is 12.1 Å². The third kappa shape index (κ3) is 8.46. The number of alkyl halides is 11. The van der Waals surface area contributed by atoms with Crippen molar-refractivity contribution >= 4 is 46.4 Å². The third-order valence-electron chi connectivity index (χ3n) is 9.71. The summed E-state index contributed by atoms with van der Waals surface area (Å²) < 4.78 is 130. The summed E-state index contributed by atoms with van der Waals surface area (Å²) in [6.07, 6.45) is -1.49. The molecule has 4 heterocycles. The summed E-state index contributed by atoms with van der Waals surface area (Å²) >= 11 is 13.0. The number of methoxy groups -OCH3 is 1. The molecule has 24 heteroatoms. The fourth-order valence-corrected chi connectivity index (χ4v) is 7.49. The maximum absolute atomic E-state index is 13.8. The quantitative estimate of drug-likeness (QED) is 0.0996. The van der Waals surface area contributed by atoms with Crippen LogP contribution in [0.4, 0.5) is 46.8 Å². The van der Waals surface area contributed by atoms with Crippen LogP contribution in [-0.4, -0.2) is 56.9 Å². The number of anilines is 2. The number of rotatable bonds is 6. The molecule has 0 aliphatic heterocycles. The first-order chi connectivity index (χ1) is 25.5. The van der Waals surface area contributed by atoms with E-state index >= 15 is 0 Å². The second-order valence-electron chi connectivity index (χ2n) is 13.5. The van der Waals surface area contributed by atoms with Gasteiger partial charge in [0.25, 0.3) is 6.01 Å². The number of ether oxygens (including phenoxy) is 1. The molecule has 0 unspecified atom stereocenters. The Hall–Kier alpha value is -3.49. The van der Waals surface area contributed by atoms with Crippen LogP contribution in [0.15, 0.2) is 36.9 Å². The van der Waals surface area contributed by atoms with E-state index in [1.807, 2.05) is 0 Å². The SMILES string of the molecule is COc1nc(-c2cnc(N)c(C(F)(F)F)c2)cn1C12CC(F)(C1)C2.ClC(Cl)Cl.Nc1ncc(-c2cn(C34CC(F)(C3)C4)c(CO)n2)cc1C(F)(F)F.[O]=[Mn]=[O]. The molecule has 10 rings (SSSR count). The summed E-state index contributed by atoms with van der Waals surface area (Å²) in [7, 11) is 1.42. The van der Waals surface area contributed by atoms with Crippen LogP contribution in [0.1, 0.15) is 55.5 Å². The molecule has 6 aliphatic carbocycles. The number of nitrogens with two attached hydrogens (primary N) is 2. The molecule has 55 heavy (non-hydrogen) atoms. The first kappa shape index (κ1) is 42.6. The minimum absolute atomic E-state index is 0.145. The van der Waals surface area contributed by atoms with Crippen molar-refractivity contribution in [2.75, 3.05) is 18.6 Å². The van der Waals surface area contributed by atoms with Crippen molar-refractivity contribution in [3.8, 4) is 28.5 Å². The Morgan fingerprint density at radius 2 is 1.16 bits per heavy atom. The van der Waals surface area contributed by atoms with Gasteiger partial charge in [-0.15, -0.1) is 0 Å². The van der Waals surface area contributed by atoms with Crippen LogP contribution >= 0.6 is 34.8 Å². The summed E-state index contributed by atoms with van der Waals surface area (Å²) in [5.74, 6) is -0.888. The topological polar surface area (TPSA) is 177 Å². The Labute approximate surface area is 327 Å². The van der Waals surface area contributed by atoms with Crippen LogP contribution in [0.2, 0.25) is 0 Å². The molecule has 4 aromatic rings. The Bertz CT molecular complexity index is 1930. The summed E-state index contributed by atoms with van der Waals surface area (Å²) in [6.45, 7) is -0.379. The van der Waals surface area contributed by atoms with Crippen molar-refractivity contribution in [2.45, 2.75) is 84.2 Å². The average Bonchev–Trinajstić information content (AvgIpc) is 3.65. The first-order valence-corrected chi connectivity index (χ1v) is 17.9. The van der Waals surface area contributed by atoms with E-state index in [-0.39, 0.29) is 40.7 Å². The van der Waals surface area contributed by atoms with Crippen LogP contribution in [-0.2, 0) is 52.5 Å². The van der Waals surface area contributed by atoms with Gasteiger partial charge in [-0.05, 0) is 12.1 Å². The molecular weight excluding hydrogens is 862 g/mol. The van der Waals surface area contributed by atoms with Gasteiger partial charge < -0.3 is 25.9 Å². The van der Waals surface area contributed by atoms with Gasteiger partial charge in [0.1, 0.15) is 35.4 Å². The van der Waals surface area contributed by atoms with Gasteiger partial charge in [0.05, 0.1) is 40.7 Å². The number of hydrogen-bond donors (Lipinski definition) is 3. The van der Waals surface area contributed by atoms with Crippen LogP contribution in [0, 0.1) is 0 Å². The summed E-state index contributed by atoms with van der Waals surface area (Å²) in [5.41, 5.74) is 6.38. The fraction of sp³-hybridized carbons (Fsp3) is 0.484. The number of aliphatic hydroxyl groups is 1. The molecule has 0 amide bonds. The molecule has 0 spiro atoms. The molecule has 5 N–H and O–H groups in total. The fourth-order valence-electron chi connectivity index (χ4n) is 7.49.